The molecule has 0 aromatic heterocycles. The second kappa shape index (κ2) is 33.5. The van der Waals surface area contributed by atoms with Crippen molar-refractivity contribution in [1.29, 1.82) is 0 Å². The number of benzene rings is 2. The average molecular weight is 861 g/mol. The summed E-state index contributed by atoms with van der Waals surface area (Å²) in [7, 11) is -5.79. The van der Waals surface area contributed by atoms with Crippen molar-refractivity contribution in [3.63, 3.8) is 0 Å². The van der Waals surface area contributed by atoms with Crippen LogP contribution in [0.25, 0.3) is 0 Å². The first-order chi connectivity index (χ1) is 26.0. The van der Waals surface area contributed by atoms with Gasteiger partial charge >= 0.3 is 19.5 Å². The zero-order chi connectivity index (χ0) is 39.9. The topological polar surface area (TPSA) is 133 Å². The fraction of sp³-hybridized carbons (Fsp3) is 0.727. The molecule has 2 aromatic carbocycles. The van der Waals surface area contributed by atoms with E-state index in [9.17, 15) is 25.9 Å². The monoisotopic (exact) mass is 858 g/mol. The van der Waals surface area contributed by atoms with Gasteiger partial charge in [0.05, 0.1) is 24.0 Å². The molecular formula is C44H74O8S2Zn. The normalized spacial score (nSPS) is 11.5. The van der Waals surface area contributed by atoms with Crippen molar-refractivity contribution >= 4 is 20.2 Å². The van der Waals surface area contributed by atoms with Crippen molar-refractivity contribution in [2.75, 3.05) is 14.2 Å². The molecule has 11 heteroatoms. The van der Waals surface area contributed by atoms with Crippen LogP contribution in [0, 0.1) is 0 Å². The van der Waals surface area contributed by atoms with Crippen molar-refractivity contribution in [2.24, 2.45) is 0 Å². The SMILES string of the molecule is CCCCCCCCCCCCCCCc1cc(OC)ccc1S(=O)(=O)[O-].CCCCCCCCCCCCCCCc1cc(OC)ccc1S(=O)(=O)[O-].[Zn+2]. The van der Waals surface area contributed by atoms with Gasteiger partial charge in [-0.25, -0.2) is 16.8 Å². The van der Waals surface area contributed by atoms with E-state index in [1.807, 2.05) is 0 Å². The quantitative estimate of drug-likeness (QED) is 0.0403. The summed E-state index contributed by atoms with van der Waals surface area (Å²) < 4.78 is 78.6. The second-order valence-corrected chi connectivity index (χ2v) is 17.5. The number of methoxy groups -OCH3 is 2. The Bertz CT molecular complexity index is 1340. The number of hydrogen-bond acceptors (Lipinski definition) is 8. The summed E-state index contributed by atoms with van der Waals surface area (Å²) in [6.45, 7) is 4.50. The minimum Gasteiger partial charge on any atom is -0.744 e. The van der Waals surface area contributed by atoms with E-state index in [0.29, 0.717) is 35.5 Å². The molecule has 0 aliphatic heterocycles. The van der Waals surface area contributed by atoms with E-state index >= 15 is 0 Å². The summed E-state index contributed by atoms with van der Waals surface area (Å²) in [4.78, 5) is -0.218. The molecule has 55 heavy (non-hydrogen) atoms. The van der Waals surface area contributed by atoms with Crippen LogP contribution in [0.5, 0.6) is 11.5 Å². The van der Waals surface area contributed by atoms with E-state index < -0.39 is 20.2 Å². The minimum atomic E-state index is -4.43. The van der Waals surface area contributed by atoms with Gasteiger partial charge in [0.1, 0.15) is 31.7 Å². The predicted octanol–water partition coefficient (Wildman–Crippen LogP) is 12.5. The van der Waals surface area contributed by atoms with Crippen LogP contribution in [-0.2, 0) is 52.6 Å². The van der Waals surface area contributed by atoms with E-state index in [2.05, 4.69) is 13.8 Å². The Morgan fingerprint density at radius 2 is 0.655 bits per heavy atom. The minimum absolute atomic E-state index is 0. The maximum atomic E-state index is 11.4. The third-order valence-corrected chi connectivity index (χ3v) is 12.0. The molecule has 8 nitrogen and oxygen atoms in total. The molecule has 0 saturated heterocycles. The molecule has 0 aliphatic carbocycles. The molecule has 0 heterocycles. The van der Waals surface area contributed by atoms with Crippen LogP contribution in [-0.4, -0.2) is 40.2 Å². The van der Waals surface area contributed by atoms with Gasteiger partial charge in [0.2, 0.25) is 0 Å². The molecule has 0 radical (unpaired) electrons. The summed E-state index contributed by atoms with van der Waals surface area (Å²) in [5, 5.41) is 0. The predicted molar refractivity (Wildman–Crippen MR) is 221 cm³/mol. The average Bonchev–Trinajstić information content (AvgIpc) is 3.14. The van der Waals surface area contributed by atoms with Crippen LogP contribution in [0.3, 0.4) is 0 Å². The maximum Gasteiger partial charge on any atom is 2.00 e. The van der Waals surface area contributed by atoms with Crippen LogP contribution in [0.4, 0.5) is 0 Å². The van der Waals surface area contributed by atoms with Gasteiger partial charge < -0.3 is 18.6 Å². The Morgan fingerprint density at radius 3 is 0.873 bits per heavy atom. The fourth-order valence-electron chi connectivity index (χ4n) is 6.91. The van der Waals surface area contributed by atoms with Crippen LogP contribution in [0.1, 0.15) is 192 Å². The van der Waals surface area contributed by atoms with E-state index in [0.717, 1.165) is 25.7 Å². The summed E-state index contributed by atoms with van der Waals surface area (Å²) in [6, 6.07) is 9.12. The molecule has 0 unspecified atom stereocenters. The first kappa shape index (κ1) is 53.5. The molecule has 0 fully saturated rings. The van der Waals surface area contributed by atoms with Crippen LogP contribution in [0.2, 0.25) is 0 Å². The largest absolute Gasteiger partial charge is 2.00 e. The van der Waals surface area contributed by atoms with Gasteiger partial charge in [-0.05, 0) is 73.2 Å². The van der Waals surface area contributed by atoms with E-state index in [-0.39, 0.29) is 29.3 Å². The number of aryl methyl sites for hydroxylation is 2. The Balaban J connectivity index is 0.00000104. The molecule has 2 rings (SSSR count). The molecular weight excluding hydrogens is 786 g/mol. The van der Waals surface area contributed by atoms with Crippen LogP contribution < -0.4 is 9.47 Å². The fourth-order valence-corrected chi connectivity index (χ4v) is 8.34. The van der Waals surface area contributed by atoms with Crippen molar-refractivity contribution in [2.45, 2.75) is 203 Å². The number of hydrogen-bond donors (Lipinski definition) is 0. The van der Waals surface area contributed by atoms with E-state index in [4.69, 9.17) is 9.47 Å². The first-order valence-electron chi connectivity index (χ1n) is 21.2. The van der Waals surface area contributed by atoms with Crippen molar-refractivity contribution < 1.29 is 54.9 Å². The molecule has 0 N–H and O–H groups in total. The first-order valence-corrected chi connectivity index (χ1v) is 24.0. The Hall–Kier alpha value is -1.52. The molecule has 0 aliphatic rings. The Morgan fingerprint density at radius 1 is 0.418 bits per heavy atom. The summed E-state index contributed by atoms with van der Waals surface area (Å²) >= 11 is 0. The van der Waals surface area contributed by atoms with Crippen molar-refractivity contribution in [1.82, 2.24) is 0 Å². The maximum absolute atomic E-state index is 11.4. The summed E-state index contributed by atoms with van der Waals surface area (Å²) in [5.41, 5.74) is 1.15. The molecule has 0 spiro atoms. The zero-order valence-electron chi connectivity index (χ0n) is 35.1. The Kier molecular flexibility index (Phi) is 32.5. The van der Waals surface area contributed by atoms with Gasteiger partial charge in [0, 0.05) is 0 Å². The molecule has 0 amide bonds. The third-order valence-electron chi connectivity index (χ3n) is 10.2. The number of ether oxygens (including phenoxy) is 2. The van der Waals surface area contributed by atoms with Crippen LogP contribution >= 0.6 is 0 Å². The molecule has 0 saturated carbocycles. The van der Waals surface area contributed by atoms with Gasteiger partial charge in [0.15, 0.2) is 0 Å². The van der Waals surface area contributed by atoms with E-state index in [1.54, 1.807) is 12.1 Å². The van der Waals surface area contributed by atoms with Gasteiger partial charge in [0.25, 0.3) is 0 Å². The summed E-state index contributed by atoms with van der Waals surface area (Å²) in [5.74, 6) is 1.18. The molecule has 2 aromatic rings. The zero-order valence-corrected chi connectivity index (χ0v) is 39.7. The van der Waals surface area contributed by atoms with Gasteiger partial charge in [-0.2, -0.15) is 0 Å². The standard InChI is InChI=1S/2C22H38O4S.Zn/c2*1-3-4-5-6-7-8-9-10-11-12-13-14-15-16-20-19-21(26-2)17-18-22(20)27(23,24)25;/h2*17-19H,3-16H2,1-2H3,(H,23,24,25);/q;;+2/p-2. The molecule has 0 atom stereocenters. The third kappa shape index (κ3) is 26.9. The summed E-state index contributed by atoms with van der Waals surface area (Å²) in [6.07, 6.45) is 34.3. The van der Waals surface area contributed by atoms with Crippen LogP contribution in [0.15, 0.2) is 46.2 Å². The van der Waals surface area contributed by atoms with Crippen molar-refractivity contribution in [3.05, 3.63) is 47.5 Å². The van der Waals surface area contributed by atoms with Gasteiger partial charge in [-0.15, -0.1) is 0 Å². The van der Waals surface area contributed by atoms with Gasteiger partial charge in [-0.3, -0.25) is 0 Å². The Labute approximate surface area is 350 Å². The number of rotatable bonds is 32. The van der Waals surface area contributed by atoms with Gasteiger partial charge in [-0.1, -0.05) is 168 Å². The smallest absolute Gasteiger partial charge is 0.744 e. The van der Waals surface area contributed by atoms with E-state index in [1.165, 1.54) is 180 Å². The second-order valence-electron chi connectivity index (χ2n) is 14.8. The number of unbranched alkanes of at least 4 members (excludes halogenated alkanes) is 24. The molecule has 312 valence electrons. The van der Waals surface area contributed by atoms with Crippen molar-refractivity contribution in [3.8, 4) is 11.5 Å². The molecule has 0 bridgehead atoms.